The maximum atomic E-state index is 3.66. The first kappa shape index (κ1) is 10.9. The van der Waals surface area contributed by atoms with Gasteiger partial charge in [-0.05, 0) is 10.8 Å². The monoisotopic (exact) mass is 267 g/mol. The normalized spacial score (nSPS) is 11.8. The molecule has 0 amide bonds. The Hall–Kier alpha value is -2.80. The van der Waals surface area contributed by atoms with Crippen molar-refractivity contribution in [2.24, 2.45) is 0 Å². The first-order chi connectivity index (χ1) is 10.4. The van der Waals surface area contributed by atoms with Crippen molar-refractivity contribution in [1.29, 1.82) is 0 Å². The summed E-state index contributed by atoms with van der Waals surface area (Å²) in [4.78, 5) is 3.66. The molecule has 0 saturated carbocycles. The fraction of sp³-hybridized carbons (Fsp3) is 0. The number of aromatic amines is 1. The van der Waals surface area contributed by atoms with E-state index < -0.39 is 0 Å². The smallest absolute Gasteiger partial charge is 0.0544 e. The van der Waals surface area contributed by atoms with Gasteiger partial charge in [-0.25, -0.2) is 0 Å². The van der Waals surface area contributed by atoms with Crippen LogP contribution in [0.5, 0.6) is 0 Å². The Morgan fingerprint density at radius 3 is 1.43 bits per heavy atom. The van der Waals surface area contributed by atoms with Gasteiger partial charge < -0.3 is 4.98 Å². The molecule has 5 aromatic rings. The fourth-order valence-corrected chi connectivity index (χ4v) is 3.39. The Bertz CT molecular complexity index is 1040. The van der Waals surface area contributed by atoms with E-state index in [-0.39, 0.29) is 0 Å². The Balaban J connectivity index is 2.09. The zero-order chi connectivity index (χ0) is 13.8. The Morgan fingerprint density at radius 1 is 0.429 bits per heavy atom. The molecule has 21 heavy (non-hydrogen) atoms. The van der Waals surface area contributed by atoms with E-state index in [4.69, 9.17) is 0 Å². The van der Waals surface area contributed by atoms with E-state index in [9.17, 15) is 0 Å². The molecule has 0 aliphatic heterocycles. The topological polar surface area (TPSA) is 15.8 Å². The minimum Gasteiger partial charge on any atom is -0.353 e. The van der Waals surface area contributed by atoms with Gasteiger partial charge in [0.05, 0.1) is 11.0 Å². The number of benzene rings is 4. The van der Waals surface area contributed by atoms with Gasteiger partial charge in [-0.15, -0.1) is 0 Å². The maximum absolute atomic E-state index is 3.66. The summed E-state index contributed by atoms with van der Waals surface area (Å²) >= 11 is 0. The molecule has 1 heterocycles. The van der Waals surface area contributed by atoms with Crippen LogP contribution in [0.25, 0.3) is 43.4 Å². The third-order valence-electron chi connectivity index (χ3n) is 4.40. The van der Waals surface area contributed by atoms with Crippen LogP contribution in [0.3, 0.4) is 0 Å². The lowest BCUT2D eigenvalue weighted by molar-refractivity contribution is 1.58. The van der Waals surface area contributed by atoms with Crippen LogP contribution in [-0.2, 0) is 0 Å². The van der Waals surface area contributed by atoms with E-state index in [1.165, 1.54) is 43.4 Å². The molecular formula is C20H13N. The molecule has 0 radical (unpaired) electrons. The fourth-order valence-electron chi connectivity index (χ4n) is 3.39. The van der Waals surface area contributed by atoms with Gasteiger partial charge >= 0.3 is 0 Å². The van der Waals surface area contributed by atoms with Crippen molar-refractivity contribution >= 4 is 43.4 Å². The predicted octanol–water partition coefficient (Wildman–Crippen LogP) is 5.63. The summed E-state index contributed by atoms with van der Waals surface area (Å²) in [6.07, 6.45) is 0. The number of H-pyrrole nitrogens is 1. The lowest BCUT2D eigenvalue weighted by Gasteiger charge is -1.99. The van der Waals surface area contributed by atoms with Gasteiger partial charge in [0.2, 0.25) is 0 Å². The average molecular weight is 267 g/mol. The first-order valence-electron chi connectivity index (χ1n) is 7.23. The Labute approximate surface area is 121 Å². The van der Waals surface area contributed by atoms with Gasteiger partial charge in [0, 0.05) is 21.5 Å². The highest BCUT2D eigenvalue weighted by atomic mass is 14.7. The second kappa shape index (κ2) is 3.86. The van der Waals surface area contributed by atoms with E-state index in [0.29, 0.717) is 0 Å². The number of aromatic nitrogens is 1. The molecule has 1 aromatic heterocycles. The summed E-state index contributed by atoms with van der Waals surface area (Å²) in [5.74, 6) is 0. The van der Waals surface area contributed by atoms with Gasteiger partial charge in [0.25, 0.3) is 0 Å². The molecule has 5 rings (SSSR count). The van der Waals surface area contributed by atoms with Gasteiger partial charge in [-0.3, -0.25) is 0 Å². The van der Waals surface area contributed by atoms with Gasteiger partial charge in [0.15, 0.2) is 0 Å². The summed E-state index contributed by atoms with van der Waals surface area (Å²) in [7, 11) is 0. The number of rotatable bonds is 0. The van der Waals surface area contributed by atoms with Crippen LogP contribution < -0.4 is 0 Å². The summed E-state index contributed by atoms with van der Waals surface area (Å²) in [6.45, 7) is 0. The Morgan fingerprint density at radius 2 is 0.905 bits per heavy atom. The zero-order valence-corrected chi connectivity index (χ0v) is 11.4. The molecule has 0 fully saturated rings. The van der Waals surface area contributed by atoms with E-state index >= 15 is 0 Å². The number of fused-ring (bicyclic) bond motifs is 7. The molecule has 98 valence electrons. The summed E-state index contributed by atoms with van der Waals surface area (Å²) in [6, 6.07) is 26.0. The van der Waals surface area contributed by atoms with Crippen LogP contribution in [0.2, 0.25) is 0 Å². The van der Waals surface area contributed by atoms with E-state index in [0.717, 1.165) is 0 Å². The highest BCUT2D eigenvalue weighted by molar-refractivity contribution is 6.22. The van der Waals surface area contributed by atoms with Crippen LogP contribution in [-0.4, -0.2) is 4.98 Å². The minimum absolute atomic E-state index is 1.24. The summed E-state index contributed by atoms with van der Waals surface area (Å²) < 4.78 is 0. The minimum atomic E-state index is 1.24. The quantitative estimate of drug-likeness (QED) is 0.374. The lowest BCUT2D eigenvalue weighted by Crippen LogP contribution is -1.74. The molecule has 0 atom stereocenters. The second-order valence-electron chi connectivity index (χ2n) is 5.54. The highest BCUT2D eigenvalue weighted by Crippen LogP contribution is 2.34. The number of hydrogen-bond acceptors (Lipinski definition) is 0. The highest BCUT2D eigenvalue weighted by Gasteiger charge is 2.09. The molecule has 1 N–H and O–H groups in total. The largest absolute Gasteiger partial charge is 0.353 e. The van der Waals surface area contributed by atoms with E-state index in [1.54, 1.807) is 0 Å². The molecule has 4 aromatic carbocycles. The Kier molecular flexibility index (Phi) is 2.01. The van der Waals surface area contributed by atoms with Crippen molar-refractivity contribution in [3.63, 3.8) is 0 Å². The van der Waals surface area contributed by atoms with Crippen molar-refractivity contribution in [1.82, 2.24) is 4.98 Å². The van der Waals surface area contributed by atoms with E-state index in [2.05, 4.69) is 77.8 Å². The third kappa shape index (κ3) is 1.40. The first-order valence-corrected chi connectivity index (χ1v) is 7.23. The molecule has 0 spiro atoms. The van der Waals surface area contributed by atoms with Crippen molar-refractivity contribution in [3.05, 3.63) is 72.8 Å². The predicted molar refractivity (Wildman–Crippen MR) is 90.8 cm³/mol. The maximum Gasteiger partial charge on any atom is 0.0544 e. The van der Waals surface area contributed by atoms with Crippen molar-refractivity contribution in [3.8, 4) is 0 Å². The zero-order valence-electron chi connectivity index (χ0n) is 11.4. The van der Waals surface area contributed by atoms with E-state index in [1.807, 2.05) is 0 Å². The molecule has 0 bridgehead atoms. The van der Waals surface area contributed by atoms with Crippen LogP contribution in [0.4, 0.5) is 0 Å². The molecular weight excluding hydrogens is 254 g/mol. The molecule has 1 nitrogen and oxygen atoms in total. The van der Waals surface area contributed by atoms with Crippen LogP contribution in [0.15, 0.2) is 72.8 Å². The molecule has 0 unspecified atom stereocenters. The summed E-state index contributed by atoms with van der Waals surface area (Å²) in [5.41, 5.74) is 2.47. The van der Waals surface area contributed by atoms with Gasteiger partial charge in [-0.2, -0.15) is 0 Å². The van der Waals surface area contributed by atoms with Crippen LogP contribution >= 0.6 is 0 Å². The van der Waals surface area contributed by atoms with Gasteiger partial charge in [0.1, 0.15) is 0 Å². The third-order valence-corrected chi connectivity index (χ3v) is 4.40. The number of nitrogens with one attached hydrogen (secondary N) is 1. The molecule has 0 aliphatic carbocycles. The standard InChI is InChI=1S/C20H13N/c1-3-7-15-13(5-1)9-11-17-18-12-10-14-6-2-4-8-16(14)20(18)21-19(15)17/h1-12,21H. The lowest BCUT2D eigenvalue weighted by atomic mass is 10.0. The van der Waals surface area contributed by atoms with Crippen molar-refractivity contribution in [2.75, 3.05) is 0 Å². The van der Waals surface area contributed by atoms with Gasteiger partial charge in [-0.1, -0.05) is 72.8 Å². The molecule has 0 saturated heterocycles. The number of hydrogen-bond donors (Lipinski definition) is 1. The summed E-state index contributed by atoms with van der Waals surface area (Å²) in [5, 5.41) is 7.73. The van der Waals surface area contributed by atoms with Crippen molar-refractivity contribution < 1.29 is 0 Å². The second-order valence-corrected chi connectivity index (χ2v) is 5.54. The molecule has 1 heteroatoms. The molecule has 0 aliphatic rings. The van der Waals surface area contributed by atoms with Crippen LogP contribution in [0.1, 0.15) is 0 Å². The SMILES string of the molecule is c1ccc2c(c1)ccc1c3ccc4ccccc4c3[nH]c21. The van der Waals surface area contributed by atoms with Crippen molar-refractivity contribution in [2.45, 2.75) is 0 Å². The average Bonchev–Trinajstić information content (AvgIpc) is 2.94. The van der Waals surface area contributed by atoms with Crippen LogP contribution in [0, 0.1) is 0 Å².